The predicted molar refractivity (Wildman–Crippen MR) is 72.9 cm³/mol. The normalized spacial score (nSPS) is 10.5. The van der Waals surface area contributed by atoms with E-state index in [0.29, 0.717) is 5.52 Å². The van der Waals surface area contributed by atoms with E-state index in [1.165, 1.54) is 4.57 Å². The van der Waals surface area contributed by atoms with Crippen LogP contribution in [0, 0.1) is 0 Å². The average molecular weight is 253 g/mol. The van der Waals surface area contributed by atoms with E-state index < -0.39 is 6.09 Å². The molecule has 0 radical (unpaired) electrons. The third kappa shape index (κ3) is 2.01. The van der Waals surface area contributed by atoms with Crippen LogP contribution >= 0.6 is 0 Å². The number of nitrogens with zero attached hydrogens (tertiary/aromatic N) is 2. The lowest BCUT2D eigenvalue weighted by Crippen LogP contribution is -2.05. The molecule has 5 nitrogen and oxygen atoms in total. The zero-order valence-corrected chi connectivity index (χ0v) is 9.95. The topological polar surface area (TPSA) is 67.2 Å². The summed E-state index contributed by atoms with van der Waals surface area (Å²) >= 11 is 0. The Kier molecular flexibility index (Phi) is 2.64. The number of aromatic nitrogens is 2. The fourth-order valence-corrected chi connectivity index (χ4v) is 2.03. The number of anilines is 2. The molecule has 0 bridgehead atoms. The molecule has 2 N–H and O–H groups in total. The Hall–Kier alpha value is -2.82. The number of benzene rings is 1. The maximum Gasteiger partial charge on any atom is 0.416 e. The predicted octanol–water partition coefficient (Wildman–Crippen LogP) is 3.31. The first-order chi connectivity index (χ1) is 9.25. The number of carbonyl (C=O) groups is 1. The minimum absolute atomic E-state index is 0.659. The van der Waals surface area contributed by atoms with Gasteiger partial charge in [-0.2, -0.15) is 0 Å². The number of fused-ring (bicyclic) bond motifs is 1. The van der Waals surface area contributed by atoms with Crippen LogP contribution < -0.4 is 5.32 Å². The molecule has 94 valence electrons. The smallest absolute Gasteiger partial charge is 0.416 e. The molecule has 0 spiro atoms. The molecule has 0 amide bonds. The Morgan fingerprint density at radius 2 is 1.89 bits per heavy atom. The van der Waals surface area contributed by atoms with Crippen molar-refractivity contribution in [3.05, 3.63) is 55.0 Å². The first kappa shape index (κ1) is 11.3. The molecule has 0 fully saturated rings. The van der Waals surface area contributed by atoms with E-state index in [1.807, 2.05) is 30.3 Å². The molecule has 0 aliphatic carbocycles. The molecule has 2 heterocycles. The summed E-state index contributed by atoms with van der Waals surface area (Å²) in [6.45, 7) is 0. The second kappa shape index (κ2) is 4.45. The highest BCUT2D eigenvalue weighted by Crippen LogP contribution is 2.28. The van der Waals surface area contributed by atoms with Crippen LogP contribution in [0.2, 0.25) is 0 Å². The van der Waals surface area contributed by atoms with Gasteiger partial charge in [0.2, 0.25) is 0 Å². The lowest BCUT2D eigenvalue weighted by molar-refractivity contribution is 0.197. The van der Waals surface area contributed by atoms with Gasteiger partial charge < -0.3 is 10.4 Å². The van der Waals surface area contributed by atoms with Crippen molar-refractivity contribution in [1.29, 1.82) is 0 Å². The zero-order chi connectivity index (χ0) is 13.2. The van der Waals surface area contributed by atoms with Crippen LogP contribution in [-0.4, -0.2) is 20.8 Å². The van der Waals surface area contributed by atoms with Gasteiger partial charge in [-0.1, -0.05) is 18.2 Å². The molecule has 5 heteroatoms. The molecule has 1 aromatic carbocycles. The summed E-state index contributed by atoms with van der Waals surface area (Å²) in [5, 5.41) is 13.2. The van der Waals surface area contributed by atoms with Crippen molar-refractivity contribution in [2.45, 2.75) is 0 Å². The van der Waals surface area contributed by atoms with Gasteiger partial charge in [0.15, 0.2) is 0 Å². The molecule has 0 unspecified atom stereocenters. The van der Waals surface area contributed by atoms with E-state index in [0.717, 1.165) is 16.8 Å². The quantitative estimate of drug-likeness (QED) is 0.735. The van der Waals surface area contributed by atoms with Crippen LogP contribution in [0.1, 0.15) is 0 Å². The van der Waals surface area contributed by atoms with E-state index in [4.69, 9.17) is 0 Å². The summed E-state index contributed by atoms with van der Waals surface area (Å²) in [7, 11) is 0. The van der Waals surface area contributed by atoms with Crippen molar-refractivity contribution in [3.8, 4) is 0 Å². The van der Waals surface area contributed by atoms with E-state index in [2.05, 4.69) is 10.3 Å². The summed E-state index contributed by atoms with van der Waals surface area (Å²) in [5.74, 6) is 0. The van der Waals surface area contributed by atoms with Crippen LogP contribution in [-0.2, 0) is 0 Å². The number of carboxylic acid groups (broad SMARTS) is 1. The lowest BCUT2D eigenvalue weighted by atomic mass is 10.2. The number of nitrogens with one attached hydrogen (secondary N) is 1. The van der Waals surface area contributed by atoms with Gasteiger partial charge >= 0.3 is 6.09 Å². The van der Waals surface area contributed by atoms with Crippen LogP contribution in [0.4, 0.5) is 16.2 Å². The number of rotatable bonds is 2. The van der Waals surface area contributed by atoms with Crippen LogP contribution in [0.15, 0.2) is 55.0 Å². The van der Waals surface area contributed by atoms with E-state index in [9.17, 15) is 9.90 Å². The summed E-state index contributed by atoms with van der Waals surface area (Å²) in [6, 6.07) is 11.0. The summed E-state index contributed by atoms with van der Waals surface area (Å²) < 4.78 is 1.21. The van der Waals surface area contributed by atoms with Crippen LogP contribution in [0.25, 0.3) is 10.9 Å². The third-order valence-electron chi connectivity index (χ3n) is 2.88. The van der Waals surface area contributed by atoms with Gasteiger partial charge in [0.05, 0.1) is 11.2 Å². The summed E-state index contributed by atoms with van der Waals surface area (Å²) in [4.78, 5) is 15.1. The van der Waals surface area contributed by atoms with Gasteiger partial charge in [-0.05, 0) is 18.2 Å². The molecule has 0 aliphatic rings. The monoisotopic (exact) mass is 253 g/mol. The SMILES string of the molecule is O=C(O)n1cc(Nc2ccncc2)c2ccccc21. The maximum atomic E-state index is 11.2. The molecular weight excluding hydrogens is 242 g/mol. The Bertz CT molecular complexity index is 735. The maximum absolute atomic E-state index is 11.2. The molecule has 0 aliphatic heterocycles. The Morgan fingerprint density at radius 1 is 1.16 bits per heavy atom. The second-order valence-corrected chi connectivity index (χ2v) is 4.07. The van der Waals surface area contributed by atoms with Crippen molar-refractivity contribution in [2.24, 2.45) is 0 Å². The van der Waals surface area contributed by atoms with E-state index in [-0.39, 0.29) is 0 Å². The fourth-order valence-electron chi connectivity index (χ4n) is 2.03. The standard InChI is InChI=1S/C14H11N3O2/c18-14(19)17-9-12(11-3-1-2-4-13(11)17)16-10-5-7-15-8-6-10/h1-9H,(H,15,16)(H,18,19). The summed E-state index contributed by atoms with van der Waals surface area (Å²) in [5.41, 5.74) is 2.28. The summed E-state index contributed by atoms with van der Waals surface area (Å²) in [6.07, 6.45) is 3.93. The highest BCUT2D eigenvalue weighted by atomic mass is 16.4. The van der Waals surface area contributed by atoms with E-state index >= 15 is 0 Å². The highest BCUT2D eigenvalue weighted by Gasteiger charge is 2.11. The van der Waals surface area contributed by atoms with Crippen molar-refractivity contribution >= 4 is 28.4 Å². The molecular formula is C14H11N3O2. The van der Waals surface area contributed by atoms with Gasteiger partial charge in [0.1, 0.15) is 0 Å². The Labute approximate surface area is 109 Å². The second-order valence-electron chi connectivity index (χ2n) is 4.07. The van der Waals surface area contributed by atoms with Gasteiger partial charge in [0, 0.05) is 29.7 Å². The molecule has 2 aromatic heterocycles. The van der Waals surface area contributed by atoms with Crippen LogP contribution in [0.3, 0.4) is 0 Å². The molecule has 0 saturated carbocycles. The first-order valence-corrected chi connectivity index (χ1v) is 5.76. The highest BCUT2D eigenvalue weighted by molar-refractivity contribution is 5.99. The van der Waals surface area contributed by atoms with Gasteiger partial charge in [0.25, 0.3) is 0 Å². The molecule has 19 heavy (non-hydrogen) atoms. The van der Waals surface area contributed by atoms with Gasteiger partial charge in [-0.3, -0.25) is 9.55 Å². The number of pyridine rings is 1. The largest absolute Gasteiger partial charge is 0.464 e. The minimum atomic E-state index is -1.00. The molecule has 3 rings (SSSR count). The molecule has 3 aromatic rings. The average Bonchev–Trinajstić information content (AvgIpc) is 2.79. The molecule has 0 saturated heterocycles. The van der Waals surface area contributed by atoms with Crippen molar-refractivity contribution < 1.29 is 9.90 Å². The number of para-hydroxylation sites is 1. The first-order valence-electron chi connectivity index (χ1n) is 5.76. The van der Waals surface area contributed by atoms with Gasteiger partial charge in [-0.25, -0.2) is 4.79 Å². The minimum Gasteiger partial charge on any atom is -0.464 e. The van der Waals surface area contributed by atoms with Crippen molar-refractivity contribution in [1.82, 2.24) is 9.55 Å². The molecule has 0 atom stereocenters. The van der Waals surface area contributed by atoms with Crippen molar-refractivity contribution in [2.75, 3.05) is 5.32 Å². The third-order valence-corrected chi connectivity index (χ3v) is 2.88. The fraction of sp³-hybridized carbons (Fsp3) is 0. The van der Waals surface area contributed by atoms with Gasteiger partial charge in [-0.15, -0.1) is 0 Å². The Morgan fingerprint density at radius 3 is 2.63 bits per heavy atom. The number of hydrogen-bond donors (Lipinski definition) is 2. The van der Waals surface area contributed by atoms with Crippen LogP contribution in [0.5, 0.6) is 0 Å². The lowest BCUT2D eigenvalue weighted by Gasteiger charge is -2.03. The number of hydrogen-bond acceptors (Lipinski definition) is 3. The zero-order valence-electron chi connectivity index (χ0n) is 9.95. The Balaban J connectivity index is 2.11. The van der Waals surface area contributed by atoms with E-state index in [1.54, 1.807) is 24.7 Å². The van der Waals surface area contributed by atoms with Crippen molar-refractivity contribution in [3.63, 3.8) is 0 Å².